The number of rotatable bonds is 2. The molecular weight excluding hydrogens is 361 g/mol. The fourth-order valence-corrected chi connectivity index (χ4v) is 2.71. The predicted molar refractivity (Wildman–Crippen MR) is 85.8 cm³/mol. The number of nitrogens with two attached hydrogens (primary N) is 1. The molecule has 0 spiro atoms. The largest absolute Gasteiger partial charge is 0.477 e. The molecule has 1 aromatic heterocycles. The molecule has 0 unspecified atom stereocenters. The van der Waals surface area contributed by atoms with Gasteiger partial charge in [-0.25, -0.2) is 18.0 Å². The molecule has 0 amide bonds. The summed E-state index contributed by atoms with van der Waals surface area (Å²) in [7, 11) is 0. The summed E-state index contributed by atoms with van der Waals surface area (Å²) in [6.07, 6.45) is 0.892. The van der Waals surface area contributed by atoms with Crippen LogP contribution in [0.25, 0.3) is 16.6 Å². The van der Waals surface area contributed by atoms with Gasteiger partial charge in [0.25, 0.3) is 0 Å². The number of halogens is 4. The van der Waals surface area contributed by atoms with Crippen molar-refractivity contribution in [3.8, 4) is 5.69 Å². The normalized spacial score (nSPS) is 11.0. The third-order valence-electron chi connectivity index (χ3n) is 3.61. The maximum atomic E-state index is 13.9. The van der Waals surface area contributed by atoms with Crippen LogP contribution in [0.2, 0.25) is 5.02 Å². The summed E-state index contributed by atoms with van der Waals surface area (Å²) in [6.45, 7) is 0. The molecule has 9 heteroatoms. The summed E-state index contributed by atoms with van der Waals surface area (Å²) < 4.78 is 41.9. The first kappa shape index (κ1) is 16.8. The maximum Gasteiger partial charge on any atom is 0.341 e. The lowest BCUT2D eigenvalue weighted by Gasteiger charge is -2.15. The molecule has 2 aromatic carbocycles. The highest BCUT2D eigenvalue weighted by atomic mass is 35.5. The molecule has 1 heterocycles. The Hall–Kier alpha value is -3.00. The molecule has 3 N–H and O–H groups in total. The number of carbonyl (C=O) groups is 1. The number of aromatic carboxylic acids is 1. The van der Waals surface area contributed by atoms with Crippen LogP contribution in [0, 0.1) is 17.5 Å². The minimum absolute atomic E-state index is 0.110. The zero-order chi connectivity index (χ0) is 18.5. The van der Waals surface area contributed by atoms with Gasteiger partial charge in [-0.1, -0.05) is 11.6 Å². The Morgan fingerprint density at radius 3 is 2.44 bits per heavy atom. The van der Waals surface area contributed by atoms with E-state index in [9.17, 15) is 27.9 Å². The Morgan fingerprint density at radius 2 is 1.84 bits per heavy atom. The number of hydrogen-bond donors (Lipinski definition) is 2. The highest BCUT2D eigenvalue weighted by Crippen LogP contribution is 2.30. The number of pyridine rings is 1. The molecule has 0 radical (unpaired) electrons. The lowest BCUT2D eigenvalue weighted by atomic mass is 10.1. The summed E-state index contributed by atoms with van der Waals surface area (Å²) in [5.41, 5.74) is 3.34. The molecule has 0 fully saturated rings. The molecule has 0 atom stereocenters. The Morgan fingerprint density at radius 1 is 1.16 bits per heavy atom. The average molecular weight is 369 g/mol. The van der Waals surface area contributed by atoms with Gasteiger partial charge in [0, 0.05) is 11.9 Å². The molecule has 0 aliphatic rings. The Labute approximate surface area is 142 Å². The Bertz CT molecular complexity index is 1110. The summed E-state index contributed by atoms with van der Waals surface area (Å²) in [5, 5.41) is 8.04. The SMILES string of the molecule is Nc1cc(-n2cc(C(=O)O)c(=O)c3cc(F)c(F)c(Cl)c32)ccc1F. The van der Waals surface area contributed by atoms with E-state index in [1.54, 1.807) is 0 Å². The first-order chi connectivity index (χ1) is 11.7. The van der Waals surface area contributed by atoms with Gasteiger partial charge in [-0.2, -0.15) is 0 Å². The van der Waals surface area contributed by atoms with Gasteiger partial charge in [-0.3, -0.25) is 4.79 Å². The first-order valence-electron chi connectivity index (χ1n) is 6.74. The van der Waals surface area contributed by atoms with Gasteiger partial charge in [-0.15, -0.1) is 0 Å². The Kier molecular flexibility index (Phi) is 3.92. The Balaban J connectivity index is 2.54. The highest BCUT2D eigenvalue weighted by Gasteiger charge is 2.22. The highest BCUT2D eigenvalue weighted by molar-refractivity contribution is 6.35. The predicted octanol–water partition coefficient (Wildman–Crippen LogP) is 3.34. The van der Waals surface area contributed by atoms with Crippen molar-refractivity contribution in [2.45, 2.75) is 0 Å². The number of anilines is 1. The van der Waals surface area contributed by atoms with E-state index in [0.29, 0.717) is 6.07 Å². The lowest BCUT2D eigenvalue weighted by Crippen LogP contribution is -2.19. The average Bonchev–Trinajstić information content (AvgIpc) is 2.56. The summed E-state index contributed by atoms with van der Waals surface area (Å²) in [4.78, 5) is 23.6. The number of nitrogens with zero attached hydrogens (tertiary/aromatic N) is 1. The number of benzene rings is 2. The zero-order valence-corrected chi connectivity index (χ0v) is 12.9. The lowest BCUT2D eigenvalue weighted by molar-refractivity contribution is 0.0695. The van der Waals surface area contributed by atoms with Crippen molar-refractivity contribution in [1.82, 2.24) is 4.57 Å². The fraction of sp³-hybridized carbons (Fsp3) is 0. The van der Waals surface area contributed by atoms with Gasteiger partial charge in [0.2, 0.25) is 5.43 Å². The minimum atomic E-state index is -1.57. The van der Waals surface area contributed by atoms with Crippen LogP contribution in [0.1, 0.15) is 10.4 Å². The van der Waals surface area contributed by atoms with Crippen LogP contribution in [0.15, 0.2) is 35.3 Å². The van der Waals surface area contributed by atoms with Crippen molar-refractivity contribution in [2.24, 2.45) is 0 Å². The smallest absolute Gasteiger partial charge is 0.341 e. The van der Waals surface area contributed by atoms with Crippen molar-refractivity contribution in [1.29, 1.82) is 0 Å². The third kappa shape index (κ3) is 2.60. The summed E-state index contributed by atoms with van der Waals surface area (Å²) in [5.74, 6) is -5.10. The molecule has 0 aliphatic heterocycles. The third-order valence-corrected chi connectivity index (χ3v) is 3.96. The number of fused-ring (bicyclic) bond motifs is 1. The molecule has 3 rings (SSSR count). The number of carboxylic acid groups (broad SMARTS) is 1. The van der Waals surface area contributed by atoms with Gasteiger partial charge in [-0.05, 0) is 24.3 Å². The topological polar surface area (TPSA) is 85.3 Å². The molecule has 3 aromatic rings. The van der Waals surface area contributed by atoms with Crippen LogP contribution in [-0.2, 0) is 0 Å². The quantitative estimate of drug-likeness (QED) is 0.536. The van der Waals surface area contributed by atoms with Crippen LogP contribution in [0.5, 0.6) is 0 Å². The monoisotopic (exact) mass is 368 g/mol. The van der Waals surface area contributed by atoms with Crippen LogP contribution >= 0.6 is 11.6 Å². The summed E-state index contributed by atoms with van der Waals surface area (Å²) >= 11 is 5.83. The molecule has 128 valence electrons. The fourth-order valence-electron chi connectivity index (χ4n) is 2.43. The van der Waals surface area contributed by atoms with Gasteiger partial charge in [0.1, 0.15) is 16.4 Å². The van der Waals surface area contributed by atoms with Crippen molar-refractivity contribution >= 4 is 34.2 Å². The van der Waals surface area contributed by atoms with E-state index >= 15 is 0 Å². The van der Waals surface area contributed by atoms with E-state index in [2.05, 4.69) is 0 Å². The molecule has 5 nitrogen and oxygen atoms in total. The molecule has 25 heavy (non-hydrogen) atoms. The van der Waals surface area contributed by atoms with Gasteiger partial charge in [0.05, 0.1) is 16.6 Å². The molecular formula is C16H8ClF3N2O3. The maximum absolute atomic E-state index is 13.9. The minimum Gasteiger partial charge on any atom is -0.477 e. The number of aromatic nitrogens is 1. The van der Waals surface area contributed by atoms with Crippen molar-refractivity contribution < 1.29 is 23.1 Å². The van der Waals surface area contributed by atoms with E-state index in [-0.39, 0.29) is 16.9 Å². The second-order valence-electron chi connectivity index (χ2n) is 5.14. The number of carboxylic acids is 1. The van der Waals surface area contributed by atoms with E-state index < -0.39 is 44.8 Å². The van der Waals surface area contributed by atoms with Gasteiger partial charge >= 0.3 is 5.97 Å². The molecule has 0 saturated carbocycles. The first-order valence-corrected chi connectivity index (χ1v) is 7.11. The van der Waals surface area contributed by atoms with Crippen LogP contribution in [-0.4, -0.2) is 15.6 Å². The molecule has 0 aliphatic carbocycles. The van der Waals surface area contributed by atoms with Gasteiger partial charge in [0.15, 0.2) is 11.6 Å². The van der Waals surface area contributed by atoms with Crippen LogP contribution in [0.3, 0.4) is 0 Å². The number of nitrogen functional groups attached to an aromatic ring is 1. The molecule has 0 bridgehead atoms. The van der Waals surface area contributed by atoms with Crippen LogP contribution < -0.4 is 11.2 Å². The second kappa shape index (κ2) is 5.82. The second-order valence-corrected chi connectivity index (χ2v) is 5.51. The zero-order valence-electron chi connectivity index (χ0n) is 12.2. The van der Waals surface area contributed by atoms with Crippen molar-refractivity contribution in [3.05, 3.63) is 68.7 Å². The molecule has 0 saturated heterocycles. The van der Waals surface area contributed by atoms with Gasteiger partial charge < -0.3 is 15.4 Å². The van der Waals surface area contributed by atoms with Crippen LogP contribution in [0.4, 0.5) is 18.9 Å². The standard InChI is InChI=1S/C16H8ClF3N2O3/c17-12-13(20)10(19)4-7-14(12)22(5-8(15(7)23)16(24)25)6-1-2-9(18)11(21)3-6/h1-5H,21H2,(H,24,25). The summed E-state index contributed by atoms with van der Waals surface area (Å²) in [6, 6.07) is 3.93. The van der Waals surface area contributed by atoms with E-state index in [4.69, 9.17) is 17.3 Å². The van der Waals surface area contributed by atoms with Crippen molar-refractivity contribution in [3.63, 3.8) is 0 Å². The van der Waals surface area contributed by atoms with Crippen molar-refractivity contribution in [2.75, 3.05) is 5.73 Å². The number of hydrogen-bond acceptors (Lipinski definition) is 3. The van der Waals surface area contributed by atoms with E-state index in [1.165, 1.54) is 6.07 Å². The van der Waals surface area contributed by atoms with E-state index in [0.717, 1.165) is 22.9 Å². The van der Waals surface area contributed by atoms with E-state index in [1.807, 2.05) is 0 Å².